The second-order valence-electron chi connectivity index (χ2n) is 5.05. The lowest BCUT2D eigenvalue weighted by Crippen LogP contribution is -2.14. The van der Waals surface area contributed by atoms with Crippen LogP contribution in [0, 0.1) is 20.8 Å². The van der Waals surface area contributed by atoms with Gasteiger partial charge in [0.2, 0.25) is 0 Å². The van der Waals surface area contributed by atoms with E-state index in [1.807, 2.05) is 32.9 Å². The Bertz CT molecular complexity index is 703. The minimum Gasteiger partial charge on any atom is -0.398 e. The minimum absolute atomic E-state index is 0.165. The third kappa shape index (κ3) is 3.47. The number of carbonyl (C=O) groups is 1. The van der Waals surface area contributed by atoms with Gasteiger partial charge in [0.1, 0.15) is 0 Å². The molecule has 0 saturated carbocycles. The molecule has 3 N–H and O–H groups in total. The Labute approximate surface area is 141 Å². The highest BCUT2D eigenvalue weighted by molar-refractivity contribution is 9.10. The van der Waals surface area contributed by atoms with Crippen molar-refractivity contribution in [3.63, 3.8) is 0 Å². The molecule has 0 aliphatic carbocycles. The van der Waals surface area contributed by atoms with E-state index in [1.165, 1.54) is 0 Å². The molecule has 0 aliphatic heterocycles. The number of aryl methyl sites for hydroxylation is 2. The third-order valence-corrected chi connectivity index (χ3v) is 5.06. The Kier molecular flexibility index (Phi) is 4.74. The summed E-state index contributed by atoms with van der Waals surface area (Å²) in [5.41, 5.74) is 10.8. The molecule has 2 aromatic carbocycles. The lowest BCUT2D eigenvalue weighted by Gasteiger charge is -2.12. The van der Waals surface area contributed by atoms with Gasteiger partial charge >= 0.3 is 0 Å². The Morgan fingerprint density at radius 1 is 1.05 bits per heavy atom. The summed E-state index contributed by atoms with van der Waals surface area (Å²) in [5.74, 6) is -0.165. The van der Waals surface area contributed by atoms with Crippen LogP contribution in [0.1, 0.15) is 27.0 Å². The number of hydrogen-bond acceptors (Lipinski definition) is 2. The quantitative estimate of drug-likeness (QED) is 0.685. The first-order valence-electron chi connectivity index (χ1n) is 6.43. The summed E-state index contributed by atoms with van der Waals surface area (Å²) in [7, 11) is 0. The average molecular weight is 412 g/mol. The van der Waals surface area contributed by atoms with Crippen LogP contribution in [0.5, 0.6) is 0 Å². The smallest absolute Gasteiger partial charge is 0.256 e. The van der Waals surface area contributed by atoms with Crippen LogP contribution in [-0.2, 0) is 0 Å². The summed E-state index contributed by atoms with van der Waals surface area (Å²) < 4.78 is 1.85. The molecule has 21 heavy (non-hydrogen) atoms. The van der Waals surface area contributed by atoms with E-state index in [0.717, 1.165) is 31.3 Å². The zero-order valence-corrected chi connectivity index (χ0v) is 15.2. The SMILES string of the molecule is Cc1cc(NC(=O)c2cc(Br)cc(N)c2C)cc(C)c1Br. The molecule has 0 saturated heterocycles. The van der Waals surface area contributed by atoms with Crippen molar-refractivity contribution in [2.75, 3.05) is 11.1 Å². The molecule has 0 aliphatic rings. The number of amides is 1. The van der Waals surface area contributed by atoms with Gasteiger partial charge in [-0.25, -0.2) is 0 Å². The predicted octanol–water partition coefficient (Wildman–Crippen LogP) is 4.97. The van der Waals surface area contributed by atoms with Gasteiger partial charge in [-0.1, -0.05) is 31.9 Å². The molecular weight excluding hydrogens is 396 g/mol. The highest BCUT2D eigenvalue weighted by Gasteiger charge is 2.13. The van der Waals surface area contributed by atoms with Crippen LogP contribution in [0.15, 0.2) is 33.2 Å². The van der Waals surface area contributed by atoms with Gasteiger partial charge in [0.25, 0.3) is 5.91 Å². The van der Waals surface area contributed by atoms with Crippen molar-refractivity contribution in [3.05, 3.63) is 55.5 Å². The molecule has 0 unspecified atom stereocenters. The van der Waals surface area contributed by atoms with E-state index in [-0.39, 0.29) is 5.91 Å². The summed E-state index contributed by atoms with van der Waals surface area (Å²) >= 11 is 6.89. The number of anilines is 2. The summed E-state index contributed by atoms with van der Waals surface area (Å²) in [6.07, 6.45) is 0. The first-order valence-corrected chi connectivity index (χ1v) is 8.02. The summed E-state index contributed by atoms with van der Waals surface area (Å²) in [6, 6.07) is 7.44. The summed E-state index contributed by atoms with van der Waals surface area (Å²) in [6.45, 7) is 5.83. The van der Waals surface area contributed by atoms with E-state index < -0.39 is 0 Å². The fourth-order valence-electron chi connectivity index (χ4n) is 2.15. The summed E-state index contributed by atoms with van der Waals surface area (Å²) in [5, 5.41) is 2.93. The van der Waals surface area contributed by atoms with Crippen LogP contribution in [0.4, 0.5) is 11.4 Å². The second kappa shape index (κ2) is 6.20. The van der Waals surface area contributed by atoms with Crippen molar-refractivity contribution in [1.29, 1.82) is 0 Å². The largest absolute Gasteiger partial charge is 0.398 e. The van der Waals surface area contributed by atoms with Crippen LogP contribution in [0.3, 0.4) is 0 Å². The predicted molar refractivity (Wildman–Crippen MR) is 94.9 cm³/mol. The zero-order chi connectivity index (χ0) is 15.7. The van der Waals surface area contributed by atoms with Gasteiger partial charge in [-0.2, -0.15) is 0 Å². The third-order valence-electron chi connectivity index (χ3n) is 3.35. The fourth-order valence-corrected chi connectivity index (χ4v) is 2.86. The Morgan fingerprint density at radius 3 is 2.19 bits per heavy atom. The van der Waals surface area contributed by atoms with Crippen molar-refractivity contribution in [2.24, 2.45) is 0 Å². The van der Waals surface area contributed by atoms with Crippen molar-refractivity contribution >= 4 is 49.1 Å². The van der Waals surface area contributed by atoms with Crippen LogP contribution in [0.2, 0.25) is 0 Å². The molecule has 0 aromatic heterocycles. The van der Waals surface area contributed by atoms with Gasteiger partial charge in [-0.3, -0.25) is 4.79 Å². The van der Waals surface area contributed by atoms with Gasteiger partial charge in [-0.05, 0) is 61.7 Å². The number of rotatable bonds is 2. The molecule has 2 aromatic rings. The highest BCUT2D eigenvalue weighted by Crippen LogP contribution is 2.27. The van der Waals surface area contributed by atoms with Crippen LogP contribution >= 0.6 is 31.9 Å². The zero-order valence-electron chi connectivity index (χ0n) is 12.1. The Hall–Kier alpha value is -1.33. The molecule has 2 rings (SSSR count). The maximum Gasteiger partial charge on any atom is 0.256 e. The molecule has 0 heterocycles. The molecule has 0 spiro atoms. The van der Waals surface area contributed by atoms with E-state index in [1.54, 1.807) is 12.1 Å². The number of carbonyl (C=O) groups excluding carboxylic acids is 1. The Morgan fingerprint density at radius 2 is 1.62 bits per heavy atom. The van der Waals surface area contributed by atoms with Crippen molar-refractivity contribution in [1.82, 2.24) is 0 Å². The van der Waals surface area contributed by atoms with Gasteiger partial charge in [0, 0.05) is 25.9 Å². The molecule has 110 valence electrons. The normalized spacial score (nSPS) is 10.5. The number of nitrogens with one attached hydrogen (secondary N) is 1. The van der Waals surface area contributed by atoms with Crippen molar-refractivity contribution in [2.45, 2.75) is 20.8 Å². The van der Waals surface area contributed by atoms with Gasteiger partial charge < -0.3 is 11.1 Å². The lowest BCUT2D eigenvalue weighted by atomic mass is 10.1. The monoisotopic (exact) mass is 410 g/mol. The fraction of sp³-hybridized carbons (Fsp3) is 0.188. The number of benzene rings is 2. The minimum atomic E-state index is -0.165. The molecule has 0 fully saturated rings. The number of halogens is 2. The maximum absolute atomic E-state index is 12.4. The van der Waals surface area contributed by atoms with Gasteiger partial charge in [-0.15, -0.1) is 0 Å². The lowest BCUT2D eigenvalue weighted by molar-refractivity contribution is 0.102. The van der Waals surface area contributed by atoms with E-state index in [4.69, 9.17) is 5.73 Å². The van der Waals surface area contributed by atoms with Crippen LogP contribution < -0.4 is 11.1 Å². The summed E-state index contributed by atoms with van der Waals surface area (Å²) in [4.78, 5) is 12.4. The number of nitrogen functional groups attached to an aromatic ring is 1. The molecular formula is C16H16Br2N2O. The Balaban J connectivity index is 2.35. The standard InChI is InChI=1S/C16H16Br2N2O/c1-8-4-12(5-9(2)15(8)18)20-16(21)13-6-11(17)7-14(19)10(13)3/h4-7H,19H2,1-3H3,(H,20,21). The molecule has 0 atom stereocenters. The maximum atomic E-state index is 12.4. The molecule has 3 nitrogen and oxygen atoms in total. The van der Waals surface area contributed by atoms with Crippen molar-refractivity contribution in [3.8, 4) is 0 Å². The van der Waals surface area contributed by atoms with E-state index >= 15 is 0 Å². The number of hydrogen-bond donors (Lipinski definition) is 2. The molecule has 5 heteroatoms. The van der Waals surface area contributed by atoms with Gasteiger partial charge in [0.05, 0.1) is 0 Å². The highest BCUT2D eigenvalue weighted by atomic mass is 79.9. The van der Waals surface area contributed by atoms with Crippen LogP contribution in [-0.4, -0.2) is 5.91 Å². The first-order chi connectivity index (χ1) is 9.79. The molecule has 0 radical (unpaired) electrons. The number of nitrogens with two attached hydrogens (primary N) is 1. The van der Waals surface area contributed by atoms with E-state index in [0.29, 0.717) is 11.3 Å². The molecule has 0 bridgehead atoms. The van der Waals surface area contributed by atoms with Gasteiger partial charge in [0.15, 0.2) is 0 Å². The van der Waals surface area contributed by atoms with E-state index in [9.17, 15) is 4.79 Å². The topological polar surface area (TPSA) is 55.1 Å². The first kappa shape index (κ1) is 16.0. The molecule has 1 amide bonds. The second-order valence-corrected chi connectivity index (χ2v) is 6.75. The average Bonchev–Trinajstić information content (AvgIpc) is 2.39. The van der Waals surface area contributed by atoms with Crippen molar-refractivity contribution < 1.29 is 4.79 Å². The van der Waals surface area contributed by atoms with Crippen LogP contribution in [0.25, 0.3) is 0 Å². The van der Waals surface area contributed by atoms with E-state index in [2.05, 4.69) is 37.2 Å².